The molecule has 3 rings (SSSR count). The molecule has 1 heterocycles. The van der Waals surface area contributed by atoms with E-state index in [1.165, 1.54) is 5.56 Å². The van der Waals surface area contributed by atoms with Gasteiger partial charge in [-0.05, 0) is 57.2 Å². The van der Waals surface area contributed by atoms with Crippen LogP contribution in [0, 0.1) is 12.8 Å². The lowest BCUT2D eigenvalue weighted by molar-refractivity contribution is 0.0783. The van der Waals surface area contributed by atoms with E-state index in [9.17, 15) is 9.59 Å². The first-order valence-corrected chi connectivity index (χ1v) is 10.2. The van der Waals surface area contributed by atoms with Crippen LogP contribution in [-0.2, 0) is 0 Å². The van der Waals surface area contributed by atoms with Gasteiger partial charge in [-0.15, -0.1) is 0 Å². The normalized spacial score (nSPS) is 16.7. The number of carboxylic acid groups (broad SMARTS) is 1. The molecule has 1 aliphatic heterocycles. The van der Waals surface area contributed by atoms with Gasteiger partial charge in [0.15, 0.2) is 0 Å². The second-order valence-corrected chi connectivity index (χ2v) is 8.89. The van der Waals surface area contributed by atoms with E-state index in [1.807, 2.05) is 62.1 Å². The van der Waals surface area contributed by atoms with Crippen LogP contribution < -0.4 is 5.32 Å². The number of rotatable bonds is 5. The summed E-state index contributed by atoms with van der Waals surface area (Å²) < 4.78 is 0. The Balaban J connectivity index is 1.67. The lowest BCUT2D eigenvalue weighted by atomic mass is 9.90. The number of likely N-dealkylation sites (tertiary alicyclic amines) is 1. The molecular weight excluding hydrogens is 388 g/mol. The van der Waals surface area contributed by atoms with E-state index in [0.29, 0.717) is 30.1 Å². The molecule has 0 aliphatic carbocycles. The van der Waals surface area contributed by atoms with Crippen molar-refractivity contribution < 1.29 is 14.7 Å². The van der Waals surface area contributed by atoms with E-state index in [0.717, 1.165) is 17.5 Å². The molecule has 1 fully saturated rings. The summed E-state index contributed by atoms with van der Waals surface area (Å²) in [7, 11) is 0. The fourth-order valence-corrected chi connectivity index (χ4v) is 4.33. The molecular formula is C23H27ClN2O3. The van der Waals surface area contributed by atoms with E-state index in [1.54, 1.807) is 6.07 Å². The molecule has 154 valence electrons. The molecule has 5 nitrogen and oxygen atoms in total. The minimum atomic E-state index is -1.02. The van der Waals surface area contributed by atoms with Gasteiger partial charge in [-0.2, -0.15) is 0 Å². The average Bonchev–Trinajstić information content (AvgIpc) is 3.08. The summed E-state index contributed by atoms with van der Waals surface area (Å²) in [5.41, 5.74) is 3.17. The summed E-state index contributed by atoms with van der Waals surface area (Å²) in [6.07, 6.45) is 0.534. The monoisotopic (exact) mass is 414 g/mol. The number of aryl methyl sites for hydroxylation is 1. The summed E-state index contributed by atoms with van der Waals surface area (Å²) in [6, 6.07) is 13.6. The van der Waals surface area contributed by atoms with Gasteiger partial charge in [0.25, 0.3) is 5.91 Å². The predicted octanol–water partition coefficient (Wildman–Crippen LogP) is 5.21. The number of nitrogens with one attached hydrogen (secondary N) is 1. The Labute approximate surface area is 176 Å². The molecule has 2 N–H and O–H groups in total. The molecule has 0 spiro atoms. The number of benzene rings is 2. The highest BCUT2D eigenvalue weighted by Gasteiger charge is 2.32. The van der Waals surface area contributed by atoms with Crippen LogP contribution in [0.2, 0.25) is 5.02 Å². The van der Waals surface area contributed by atoms with Crippen LogP contribution in [0.25, 0.3) is 11.1 Å². The van der Waals surface area contributed by atoms with Crippen LogP contribution in [0.5, 0.6) is 0 Å². The molecule has 0 aromatic heterocycles. The highest BCUT2D eigenvalue weighted by molar-refractivity contribution is 6.33. The molecule has 2 amide bonds. The number of carbonyl (C=O) groups excluding carboxylic acids is 1. The quantitative estimate of drug-likeness (QED) is 0.705. The van der Waals surface area contributed by atoms with Crippen molar-refractivity contribution in [3.63, 3.8) is 0 Å². The Bertz CT molecular complexity index is 909. The van der Waals surface area contributed by atoms with Crippen molar-refractivity contribution in [2.24, 2.45) is 5.92 Å². The summed E-state index contributed by atoms with van der Waals surface area (Å²) in [6.45, 7) is 7.07. The Morgan fingerprint density at radius 3 is 2.52 bits per heavy atom. The van der Waals surface area contributed by atoms with Crippen molar-refractivity contribution in [1.29, 1.82) is 0 Å². The molecule has 1 saturated heterocycles. The lowest BCUT2D eigenvalue weighted by Gasteiger charge is -2.27. The molecule has 1 aliphatic rings. The predicted molar refractivity (Wildman–Crippen MR) is 115 cm³/mol. The summed E-state index contributed by atoms with van der Waals surface area (Å²) in [5, 5.41) is 12.1. The van der Waals surface area contributed by atoms with Gasteiger partial charge in [0, 0.05) is 34.8 Å². The van der Waals surface area contributed by atoms with Gasteiger partial charge >= 0.3 is 6.09 Å². The zero-order valence-corrected chi connectivity index (χ0v) is 17.8. The van der Waals surface area contributed by atoms with E-state index in [2.05, 4.69) is 5.32 Å². The standard InChI is InChI=1S/C23H27ClN2O3/c1-15-4-6-17(7-5-15)19-9-8-18(12-20(19)24)21(27)26-11-10-16(14-26)13-23(2,3)25-22(28)29/h4-9,12,16,25H,10-11,13-14H2,1-3H3,(H,28,29)/t16-/m0/s1. The average molecular weight is 415 g/mol. The van der Waals surface area contributed by atoms with Crippen LogP contribution in [-0.4, -0.2) is 40.6 Å². The number of hydrogen-bond donors (Lipinski definition) is 2. The first-order valence-electron chi connectivity index (χ1n) is 9.81. The largest absolute Gasteiger partial charge is 0.465 e. The number of halogens is 1. The molecule has 2 aromatic rings. The fourth-order valence-electron chi connectivity index (χ4n) is 4.04. The van der Waals surface area contributed by atoms with Gasteiger partial charge in [-0.25, -0.2) is 4.79 Å². The van der Waals surface area contributed by atoms with Crippen molar-refractivity contribution in [1.82, 2.24) is 10.2 Å². The van der Waals surface area contributed by atoms with Crippen LogP contribution >= 0.6 is 11.6 Å². The zero-order valence-electron chi connectivity index (χ0n) is 17.0. The maximum absolute atomic E-state index is 12.9. The molecule has 6 heteroatoms. The molecule has 0 radical (unpaired) electrons. The number of hydrogen-bond acceptors (Lipinski definition) is 2. The third kappa shape index (κ3) is 5.30. The van der Waals surface area contributed by atoms with Crippen LogP contribution in [0.1, 0.15) is 42.6 Å². The van der Waals surface area contributed by atoms with Crippen molar-refractivity contribution in [3.05, 3.63) is 58.6 Å². The van der Waals surface area contributed by atoms with Crippen molar-refractivity contribution in [2.45, 2.75) is 39.2 Å². The smallest absolute Gasteiger partial charge is 0.405 e. The van der Waals surface area contributed by atoms with Crippen LogP contribution in [0.3, 0.4) is 0 Å². The zero-order chi connectivity index (χ0) is 21.2. The fraction of sp³-hybridized carbons (Fsp3) is 0.391. The Hall–Kier alpha value is -2.53. The molecule has 29 heavy (non-hydrogen) atoms. The van der Waals surface area contributed by atoms with Gasteiger partial charge in [0.05, 0.1) is 0 Å². The van der Waals surface area contributed by atoms with Gasteiger partial charge < -0.3 is 15.3 Å². The Morgan fingerprint density at radius 2 is 1.90 bits per heavy atom. The molecule has 0 unspecified atom stereocenters. The topological polar surface area (TPSA) is 69.6 Å². The van der Waals surface area contributed by atoms with Gasteiger partial charge in [0.1, 0.15) is 0 Å². The summed E-state index contributed by atoms with van der Waals surface area (Å²) >= 11 is 6.48. The number of amides is 2. The van der Waals surface area contributed by atoms with Crippen LogP contribution in [0.4, 0.5) is 4.79 Å². The van der Waals surface area contributed by atoms with Crippen LogP contribution in [0.15, 0.2) is 42.5 Å². The first-order chi connectivity index (χ1) is 13.6. The maximum atomic E-state index is 12.9. The van der Waals surface area contributed by atoms with E-state index >= 15 is 0 Å². The highest BCUT2D eigenvalue weighted by Crippen LogP contribution is 2.31. The third-order valence-electron chi connectivity index (χ3n) is 5.40. The minimum Gasteiger partial charge on any atom is -0.465 e. The number of nitrogens with zero attached hydrogens (tertiary/aromatic N) is 1. The molecule has 1 atom stereocenters. The Morgan fingerprint density at radius 1 is 1.21 bits per heavy atom. The number of carbonyl (C=O) groups is 2. The highest BCUT2D eigenvalue weighted by atomic mass is 35.5. The molecule has 2 aromatic carbocycles. The first kappa shape index (κ1) is 21.2. The second kappa shape index (κ2) is 8.46. The Kier molecular flexibility index (Phi) is 6.18. The van der Waals surface area contributed by atoms with E-state index in [4.69, 9.17) is 16.7 Å². The van der Waals surface area contributed by atoms with Gasteiger partial charge in [-0.3, -0.25) is 4.79 Å². The minimum absolute atomic E-state index is 0.0335. The van der Waals surface area contributed by atoms with E-state index in [-0.39, 0.29) is 11.8 Å². The summed E-state index contributed by atoms with van der Waals surface area (Å²) in [5.74, 6) is 0.233. The third-order valence-corrected chi connectivity index (χ3v) is 5.71. The molecule has 0 saturated carbocycles. The second-order valence-electron chi connectivity index (χ2n) is 8.48. The lowest BCUT2D eigenvalue weighted by Crippen LogP contribution is -2.44. The molecule has 0 bridgehead atoms. The maximum Gasteiger partial charge on any atom is 0.405 e. The van der Waals surface area contributed by atoms with Gasteiger partial charge in [0.2, 0.25) is 0 Å². The van der Waals surface area contributed by atoms with Gasteiger partial charge in [-0.1, -0.05) is 47.5 Å². The summed E-state index contributed by atoms with van der Waals surface area (Å²) in [4.78, 5) is 25.7. The van der Waals surface area contributed by atoms with Crippen molar-refractivity contribution >= 4 is 23.6 Å². The van der Waals surface area contributed by atoms with E-state index < -0.39 is 11.6 Å². The van der Waals surface area contributed by atoms with Crippen molar-refractivity contribution in [3.8, 4) is 11.1 Å². The SMILES string of the molecule is Cc1ccc(-c2ccc(C(=O)N3CC[C@@H](CC(C)(C)NC(=O)O)C3)cc2Cl)cc1. The van der Waals surface area contributed by atoms with Crippen molar-refractivity contribution in [2.75, 3.05) is 13.1 Å².